The van der Waals surface area contributed by atoms with Gasteiger partial charge in [0.2, 0.25) is 5.72 Å². The summed E-state index contributed by atoms with van der Waals surface area (Å²) in [6, 6.07) is 32.4. The van der Waals surface area contributed by atoms with Gasteiger partial charge < -0.3 is 5.11 Å². The Morgan fingerprint density at radius 2 is 1.29 bits per heavy atom. The van der Waals surface area contributed by atoms with Gasteiger partial charge in [0.1, 0.15) is 0 Å². The first-order valence-corrected chi connectivity index (χ1v) is 10.0. The predicted octanol–water partition coefficient (Wildman–Crippen LogP) is 4.84. The highest BCUT2D eigenvalue weighted by molar-refractivity contribution is 6.14. The zero-order chi connectivity index (χ0) is 21.4. The highest BCUT2D eigenvalue weighted by atomic mass is 16.3. The van der Waals surface area contributed by atoms with Crippen LogP contribution in [0.2, 0.25) is 0 Å². The average Bonchev–Trinajstić information content (AvgIpc) is 3.07. The number of carbonyl (C=O) groups excluding carboxylic acids is 2. The summed E-state index contributed by atoms with van der Waals surface area (Å²) in [5.41, 5.74) is 1.41. The smallest absolute Gasteiger partial charge is 0.264 e. The zero-order valence-electron chi connectivity index (χ0n) is 16.6. The number of nitrogens with zero attached hydrogens (tertiary/aromatic N) is 1. The molecule has 1 atom stereocenters. The molecule has 31 heavy (non-hydrogen) atoms. The average molecular weight is 405 g/mol. The van der Waals surface area contributed by atoms with E-state index in [9.17, 15) is 14.7 Å². The van der Waals surface area contributed by atoms with Crippen molar-refractivity contribution < 1.29 is 14.7 Å². The predicted molar refractivity (Wildman–Crippen MR) is 118 cm³/mol. The second-order valence-electron chi connectivity index (χ2n) is 7.48. The van der Waals surface area contributed by atoms with Crippen LogP contribution in [0.5, 0.6) is 0 Å². The fourth-order valence-corrected chi connectivity index (χ4v) is 4.13. The molecule has 0 spiro atoms. The number of imide groups is 1. The van der Waals surface area contributed by atoms with E-state index in [1.54, 1.807) is 66.7 Å². The van der Waals surface area contributed by atoms with Gasteiger partial charge in [-0.3, -0.25) is 9.59 Å². The van der Waals surface area contributed by atoms with E-state index < -0.39 is 17.5 Å². The van der Waals surface area contributed by atoms with E-state index in [-0.39, 0.29) is 0 Å². The van der Waals surface area contributed by atoms with E-state index in [0.29, 0.717) is 22.3 Å². The third kappa shape index (κ3) is 2.97. The number of aliphatic hydroxyl groups is 1. The van der Waals surface area contributed by atoms with E-state index in [0.717, 1.165) is 16.0 Å². The molecular formula is C27H19NO3. The molecule has 0 bridgehead atoms. The monoisotopic (exact) mass is 405 g/mol. The van der Waals surface area contributed by atoms with E-state index in [4.69, 9.17) is 0 Å². The van der Waals surface area contributed by atoms with Crippen LogP contribution in [0.3, 0.4) is 0 Å². The molecule has 1 N–H and O–H groups in total. The third-order valence-corrected chi connectivity index (χ3v) is 5.66. The molecule has 1 unspecified atom stereocenters. The molecule has 4 aromatic carbocycles. The lowest BCUT2D eigenvalue weighted by molar-refractivity contribution is -0.0362. The molecule has 1 aliphatic rings. The molecule has 0 saturated heterocycles. The topological polar surface area (TPSA) is 57.6 Å². The second kappa shape index (κ2) is 7.35. The van der Waals surface area contributed by atoms with Crippen LogP contribution in [0, 0.1) is 0 Å². The van der Waals surface area contributed by atoms with E-state index in [1.807, 2.05) is 42.5 Å². The van der Waals surface area contributed by atoms with Crippen molar-refractivity contribution >= 4 is 11.8 Å². The molecule has 4 nitrogen and oxygen atoms in total. The van der Waals surface area contributed by atoms with Crippen LogP contribution in [-0.4, -0.2) is 21.8 Å². The molecule has 0 aromatic heterocycles. The molecule has 2 amide bonds. The molecular weight excluding hydrogens is 386 g/mol. The van der Waals surface area contributed by atoms with Crippen LogP contribution in [-0.2, 0) is 5.72 Å². The summed E-state index contributed by atoms with van der Waals surface area (Å²) in [5, 5.41) is 11.9. The van der Waals surface area contributed by atoms with Crippen molar-refractivity contribution in [2.75, 3.05) is 0 Å². The molecule has 1 aliphatic heterocycles. The molecule has 0 aliphatic carbocycles. The van der Waals surface area contributed by atoms with Crippen molar-refractivity contribution in [2.45, 2.75) is 5.72 Å². The van der Waals surface area contributed by atoms with Gasteiger partial charge in [0.05, 0.1) is 0 Å². The third-order valence-electron chi connectivity index (χ3n) is 5.66. The number of benzene rings is 4. The quantitative estimate of drug-likeness (QED) is 0.496. The van der Waals surface area contributed by atoms with E-state index in [2.05, 4.69) is 0 Å². The first-order valence-electron chi connectivity index (χ1n) is 10.0. The maximum absolute atomic E-state index is 13.5. The molecule has 4 heteroatoms. The van der Waals surface area contributed by atoms with E-state index in [1.165, 1.54) is 0 Å². The van der Waals surface area contributed by atoms with Crippen molar-refractivity contribution in [3.05, 3.63) is 131 Å². The minimum Gasteiger partial charge on any atom is -0.363 e. The van der Waals surface area contributed by atoms with Gasteiger partial charge in [-0.05, 0) is 29.3 Å². The van der Waals surface area contributed by atoms with Gasteiger partial charge in [-0.2, -0.15) is 0 Å². The SMILES string of the molecule is O=C(c1ccccc1)N1C(=O)c2cc(-c3ccccc3)ccc2C1(O)c1ccccc1. The van der Waals surface area contributed by atoms with Crippen molar-refractivity contribution in [1.82, 2.24) is 4.90 Å². The van der Waals surface area contributed by atoms with Gasteiger partial charge in [0.25, 0.3) is 11.8 Å². The lowest BCUT2D eigenvalue weighted by Crippen LogP contribution is -2.48. The normalized spacial score (nSPS) is 17.5. The van der Waals surface area contributed by atoms with Gasteiger partial charge in [-0.15, -0.1) is 0 Å². The van der Waals surface area contributed by atoms with Gasteiger partial charge in [0.15, 0.2) is 0 Å². The van der Waals surface area contributed by atoms with Crippen LogP contribution in [0.25, 0.3) is 11.1 Å². The summed E-state index contributed by atoms with van der Waals surface area (Å²) in [6.45, 7) is 0. The fraction of sp³-hybridized carbons (Fsp3) is 0.0370. The molecule has 1 heterocycles. The largest absolute Gasteiger partial charge is 0.363 e. The lowest BCUT2D eigenvalue weighted by Gasteiger charge is -2.33. The zero-order valence-corrected chi connectivity index (χ0v) is 16.6. The molecule has 4 aromatic rings. The molecule has 0 saturated carbocycles. The Labute approximate surface area is 180 Å². The number of fused-ring (bicyclic) bond motifs is 1. The maximum Gasteiger partial charge on any atom is 0.264 e. The first kappa shape index (κ1) is 19.0. The summed E-state index contributed by atoms with van der Waals surface area (Å²) in [5.74, 6) is -1.07. The van der Waals surface area contributed by atoms with E-state index >= 15 is 0 Å². The summed E-state index contributed by atoms with van der Waals surface area (Å²) in [4.78, 5) is 27.9. The minimum atomic E-state index is -1.89. The fourth-order valence-electron chi connectivity index (χ4n) is 4.13. The van der Waals surface area contributed by atoms with Gasteiger partial charge in [-0.1, -0.05) is 91.0 Å². The van der Waals surface area contributed by atoms with Crippen molar-refractivity contribution in [3.8, 4) is 11.1 Å². The van der Waals surface area contributed by atoms with Gasteiger partial charge in [0, 0.05) is 22.3 Å². The Morgan fingerprint density at radius 3 is 1.94 bits per heavy atom. The van der Waals surface area contributed by atoms with Gasteiger partial charge >= 0.3 is 0 Å². The first-order chi connectivity index (χ1) is 15.1. The molecule has 0 fully saturated rings. The lowest BCUT2D eigenvalue weighted by atomic mass is 9.91. The summed E-state index contributed by atoms with van der Waals surface area (Å²) >= 11 is 0. The van der Waals surface area contributed by atoms with Crippen LogP contribution in [0.1, 0.15) is 31.8 Å². The van der Waals surface area contributed by atoms with Crippen molar-refractivity contribution in [1.29, 1.82) is 0 Å². The Kier molecular flexibility index (Phi) is 4.50. The Hall–Kier alpha value is -4.02. The minimum absolute atomic E-state index is 0.317. The molecule has 5 rings (SSSR count). The second-order valence-corrected chi connectivity index (χ2v) is 7.48. The van der Waals surface area contributed by atoms with Gasteiger partial charge in [-0.25, -0.2) is 4.90 Å². The molecule has 150 valence electrons. The highest BCUT2D eigenvalue weighted by Gasteiger charge is 2.53. The Balaban J connectivity index is 1.71. The number of amides is 2. The number of hydrogen-bond acceptors (Lipinski definition) is 3. The van der Waals surface area contributed by atoms with Crippen LogP contribution in [0.15, 0.2) is 109 Å². The Bertz CT molecular complexity index is 1270. The Morgan fingerprint density at radius 1 is 0.710 bits per heavy atom. The summed E-state index contributed by atoms with van der Waals surface area (Å²) < 4.78 is 0. The van der Waals surface area contributed by atoms with Crippen molar-refractivity contribution in [2.24, 2.45) is 0 Å². The number of carbonyl (C=O) groups is 2. The van der Waals surface area contributed by atoms with Crippen LogP contribution >= 0.6 is 0 Å². The molecule has 0 radical (unpaired) electrons. The van der Waals surface area contributed by atoms with Crippen LogP contribution in [0.4, 0.5) is 0 Å². The summed E-state index contributed by atoms with van der Waals surface area (Å²) in [6.07, 6.45) is 0. The number of rotatable bonds is 3. The highest BCUT2D eigenvalue weighted by Crippen LogP contribution is 2.44. The number of hydrogen-bond donors (Lipinski definition) is 1. The maximum atomic E-state index is 13.5. The standard InChI is InChI=1S/C27H19NO3/c29-25(20-12-6-2-7-13-20)28-26(30)23-18-21(19-10-4-1-5-11-19)16-17-24(23)27(28,31)22-14-8-3-9-15-22/h1-18,31H. The summed E-state index contributed by atoms with van der Waals surface area (Å²) in [7, 11) is 0. The van der Waals surface area contributed by atoms with Crippen molar-refractivity contribution in [3.63, 3.8) is 0 Å². The van der Waals surface area contributed by atoms with Crippen LogP contribution < -0.4 is 0 Å².